The molecule has 270 valence electrons. The number of hydrogen-bond donors (Lipinski definition) is 0. The molecule has 1 nitrogen and oxygen atoms in total. The number of nitrogens with zero attached hydrogens (tertiary/aromatic N) is 1. The second-order valence-electron chi connectivity index (χ2n) is 16.1. The van der Waals surface area contributed by atoms with Crippen molar-refractivity contribution in [1.29, 1.82) is 0 Å². The van der Waals surface area contributed by atoms with Gasteiger partial charge in [-0.25, -0.2) is 0 Å². The maximum Gasteiger partial charge on any atom is 0.0714 e. The molecule has 0 unspecified atom stereocenters. The molecule has 0 amide bonds. The van der Waals surface area contributed by atoms with Crippen molar-refractivity contribution in [3.63, 3.8) is 0 Å². The summed E-state index contributed by atoms with van der Waals surface area (Å²) in [5.74, 6) is 0. The number of anilines is 3. The molecule has 9 aromatic carbocycles. The topological polar surface area (TPSA) is 3.24 Å². The Kier molecular flexibility index (Phi) is 7.50. The molecule has 1 heteroatoms. The molecule has 0 radical (unpaired) electrons. The molecule has 0 aliphatic heterocycles. The lowest BCUT2D eigenvalue weighted by Gasteiger charge is -2.35. The number of hydrogen-bond acceptors (Lipinski definition) is 1. The summed E-state index contributed by atoms with van der Waals surface area (Å²) < 4.78 is 0. The van der Waals surface area contributed by atoms with Crippen molar-refractivity contribution in [1.82, 2.24) is 0 Å². The molecule has 2 aliphatic carbocycles. The van der Waals surface area contributed by atoms with Gasteiger partial charge in [0, 0.05) is 22.5 Å². The van der Waals surface area contributed by atoms with E-state index < -0.39 is 5.41 Å². The van der Waals surface area contributed by atoms with E-state index in [1.807, 2.05) is 0 Å². The molecule has 57 heavy (non-hydrogen) atoms. The smallest absolute Gasteiger partial charge is 0.0714 e. The molecule has 0 saturated carbocycles. The number of rotatable bonds is 6. The first kappa shape index (κ1) is 33.4. The molecule has 9 aromatic rings. The van der Waals surface area contributed by atoms with Crippen LogP contribution in [0.15, 0.2) is 212 Å². The Hall–Kier alpha value is -6.96. The van der Waals surface area contributed by atoms with Gasteiger partial charge >= 0.3 is 0 Å². The fourth-order valence-corrected chi connectivity index (χ4v) is 10.2. The Morgan fingerprint density at radius 1 is 0.333 bits per heavy atom. The molecule has 0 bridgehead atoms. The van der Waals surface area contributed by atoms with Crippen molar-refractivity contribution in [2.24, 2.45) is 0 Å². The van der Waals surface area contributed by atoms with E-state index in [2.05, 4.69) is 231 Å². The van der Waals surface area contributed by atoms with Crippen LogP contribution in [0.25, 0.3) is 44.2 Å². The zero-order valence-electron chi connectivity index (χ0n) is 32.2. The fraction of sp³-hybridized carbons (Fsp3) is 0.0714. The predicted molar refractivity (Wildman–Crippen MR) is 239 cm³/mol. The quantitative estimate of drug-likeness (QED) is 0.165. The van der Waals surface area contributed by atoms with Gasteiger partial charge in [-0.3, -0.25) is 0 Å². The number of benzene rings is 9. The Bertz CT molecular complexity index is 2930. The van der Waals surface area contributed by atoms with Gasteiger partial charge in [-0.1, -0.05) is 190 Å². The van der Waals surface area contributed by atoms with Gasteiger partial charge in [-0.15, -0.1) is 0 Å². The van der Waals surface area contributed by atoms with Crippen LogP contribution in [0.5, 0.6) is 0 Å². The highest BCUT2D eigenvalue weighted by Crippen LogP contribution is 2.57. The molecule has 0 saturated heterocycles. The molecule has 0 atom stereocenters. The third-order valence-electron chi connectivity index (χ3n) is 12.7. The van der Waals surface area contributed by atoms with Crippen LogP contribution in [-0.4, -0.2) is 0 Å². The summed E-state index contributed by atoms with van der Waals surface area (Å²) in [7, 11) is 0. The van der Waals surface area contributed by atoms with E-state index in [1.54, 1.807) is 0 Å². The molecule has 0 spiro atoms. The van der Waals surface area contributed by atoms with Gasteiger partial charge in [0.15, 0.2) is 0 Å². The molecular formula is C56H41N. The maximum atomic E-state index is 2.46. The molecule has 0 N–H and O–H groups in total. The van der Waals surface area contributed by atoms with E-state index in [4.69, 9.17) is 0 Å². The average molecular weight is 728 g/mol. The second-order valence-corrected chi connectivity index (χ2v) is 16.1. The minimum Gasteiger partial charge on any atom is -0.310 e. The van der Waals surface area contributed by atoms with E-state index in [9.17, 15) is 0 Å². The second kappa shape index (κ2) is 12.8. The highest BCUT2D eigenvalue weighted by atomic mass is 15.1. The van der Waals surface area contributed by atoms with Crippen LogP contribution < -0.4 is 4.90 Å². The Morgan fingerprint density at radius 2 is 0.842 bits per heavy atom. The zero-order chi connectivity index (χ0) is 38.1. The van der Waals surface area contributed by atoms with Gasteiger partial charge < -0.3 is 4.90 Å². The van der Waals surface area contributed by atoms with Crippen LogP contribution in [0.3, 0.4) is 0 Å². The predicted octanol–water partition coefficient (Wildman–Crippen LogP) is 14.6. The molecular weight excluding hydrogens is 687 g/mol. The summed E-state index contributed by atoms with van der Waals surface area (Å²) in [5, 5.41) is 2.45. The standard InChI is InChI=1S/C56H41N/c1-55(2)51-26-13-11-23-48(51)50-25-15-24-46(54(50)55)39-29-31-43(32-30-39)57(44-33-28-38-16-9-10-17-40(38)36-44)45-34-35-49-47-22-12-14-27-52(47)56(53(49)37-45,41-18-5-3-6-19-41)42-20-7-4-8-21-42/h3-37H,1-2H3. The van der Waals surface area contributed by atoms with E-state index in [1.165, 1.54) is 77.5 Å². The summed E-state index contributed by atoms with van der Waals surface area (Å²) in [5.41, 5.74) is 18.5. The molecule has 2 aliphatic rings. The first-order chi connectivity index (χ1) is 28.0. The van der Waals surface area contributed by atoms with Gasteiger partial charge in [0.1, 0.15) is 0 Å². The van der Waals surface area contributed by atoms with Gasteiger partial charge in [0.2, 0.25) is 0 Å². The van der Waals surface area contributed by atoms with Gasteiger partial charge in [0.25, 0.3) is 0 Å². The lowest BCUT2D eigenvalue weighted by Crippen LogP contribution is -2.28. The van der Waals surface area contributed by atoms with Crippen LogP contribution in [0.1, 0.15) is 47.2 Å². The first-order valence-corrected chi connectivity index (χ1v) is 20.0. The van der Waals surface area contributed by atoms with Crippen LogP contribution in [0, 0.1) is 0 Å². The third-order valence-corrected chi connectivity index (χ3v) is 12.7. The summed E-state index contributed by atoms with van der Waals surface area (Å²) in [4.78, 5) is 2.44. The Morgan fingerprint density at radius 3 is 1.56 bits per heavy atom. The van der Waals surface area contributed by atoms with E-state index in [-0.39, 0.29) is 5.41 Å². The van der Waals surface area contributed by atoms with Crippen molar-refractivity contribution >= 4 is 27.8 Å². The maximum absolute atomic E-state index is 2.46. The lowest BCUT2D eigenvalue weighted by molar-refractivity contribution is 0.662. The highest BCUT2D eigenvalue weighted by Gasteiger charge is 2.46. The number of fused-ring (bicyclic) bond motifs is 7. The molecule has 11 rings (SSSR count). The van der Waals surface area contributed by atoms with Crippen molar-refractivity contribution in [2.45, 2.75) is 24.7 Å². The average Bonchev–Trinajstić information content (AvgIpc) is 3.70. The fourth-order valence-electron chi connectivity index (χ4n) is 10.2. The van der Waals surface area contributed by atoms with Crippen LogP contribution in [0.2, 0.25) is 0 Å². The molecule has 0 fully saturated rings. The largest absolute Gasteiger partial charge is 0.310 e. The third kappa shape index (κ3) is 4.95. The van der Waals surface area contributed by atoms with Crippen LogP contribution in [-0.2, 0) is 10.8 Å². The van der Waals surface area contributed by atoms with Crippen molar-refractivity contribution in [3.8, 4) is 33.4 Å². The van der Waals surface area contributed by atoms with Gasteiger partial charge in [-0.2, -0.15) is 0 Å². The van der Waals surface area contributed by atoms with Gasteiger partial charge in [0.05, 0.1) is 5.41 Å². The van der Waals surface area contributed by atoms with Crippen LogP contribution >= 0.6 is 0 Å². The SMILES string of the molecule is CC1(C)c2ccccc2-c2cccc(-c3ccc(N(c4ccc5c(c4)C(c4ccccc4)(c4ccccc4)c4ccccc4-5)c4ccc5ccccc5c4)cc3)c21. The molecule has 0 aromatic heterocycles. The highest BCUT2D eigenvalue weighted by molar-refractivity contribution is 5.93. The minimum absolute atomic E-state index is 0.0929. The Labute approximate surface area is 335 Å². The van der Waals surface area contributed by atoms with E-state index in [0.29, 0.717) is 0 Å². The van der Waals surface area contributed by atoms with Crippen molar-refractivity contribution in [2.75, 3.05) is 4.90 Å². The van der Waals surface area contributed by atoms with Gasteiger partial charge in [-0.05, 0) is 114 Å². The molecule has 0 heterocycles. The summed E-state index contributed by atoms with van der Waals surface area (Å²) in [6.07, 6.45) is 0. The Balaban J connectivity index is 1.11. The monoisotopic (exact) mass is 727 g/mol. The minimum atomic E-state index is -0.485. The zero-order valence-corrected chi connectivity index (χ0v) is 32.2. The first-order valence-electron chi connectivity index (χ1n) is 20.0. The van der Waals surface area contributed by atoms with Crippen molar-refractivity contribution in [3.05, 3.63) is 246 Å². The van der Waals surface area contributed by atoms with Crippen LogP contribution in [0.4, 0.5) is 17.1 Å². The normalized spacial score (nSPS) is 14.1. The van der Waals surface area contributed by atoms with E-state index in [0.717, 1.165) is 17.1 Å². The lowest BCUT2D eigenvalue weighted by atomic mass is 9.67. The summed E-state index contributed by atoms with van der Waals surface area (Å²) in [6.45, 7) is 4.74. The summed E-state index contributed by atoms with van der Waals surface area (Å²) in [6, 6.07) is 78.7. The van der Waals surface area contributed by atoms with Crippen molar-refractivity contribution < 1.29 is 0 Å². The van der Waals surface area contributed by atoms with E-state index >= 15 is 0 Å². The summed E-state index contributed by atoms with van der Waals surface area (Å²) >= 11 is 0.